The molecule has 3 rings (SSSR count). The van der Waals surface area contributed by atoms with Crippen molar-refractivity contribution in [2.24, 2.45) is 5.16 Å². The van der Waals surface area contributed by atoms with Gasteiger partial charge in [-0.1, -0.05) is 40.0 Å². The second kappa shape index (κ2) is 9.88. The fourth-order valence-electron chi connectivity index (χ4n) is 2.38. The molecule has 0 unspecified atom stereocenters. The highest BCUT2D eigenvalue weighted by Crippen LogP contribution is 2.34. The van der Waals surface area contributed by atoms with E-state index in [-0.39, 0.29) is 22.5 Å². The van der Waals surface area contributed by atoms with Crippen LogP contribution in [-0.4, -0.2) is 37.6 Å². The summed E-state index contributed by atoms with van der Waals surface area (Å²) in [5.41, 5.74) is 1.43. The predicted octanol–water partition coefficient (Wildman–Crippen LogP) is 4.30. The van der Waals surface area contributed by atoms with Crippen molar-refractivity contribution in [2.45, 2.75) is 6.92 Å². The van der Waals surface area contributed by atoms with Gasteiger partial charge in [-0.3, -0.25) is 4.79 Å². The van der Waals surface area contributed by atoms with Crippen molar-refractivity contribution in [3.05, 3.63) is 51.0 Å². The lowest BCUT2D eigenvalue weighted by Gasteiger charge is -2.10. The predicted molar refractivity (Wildman–Crippen MR) is 112 cm³/mol. The largest absolute Gasteiger partial charge is 0.454 e. The van der Waals surface area contributed by atoms with Crippen LogP contribution in [0.25, 0.3) is 0 Å². The van der Waals surface area contributed by atoms with Crippen molar-refractivity contribution < 1.29 is 28.6 Å². The molecule has 0 spiro atoms. The molecular weight excluding hydrogens is 459 g/mol. The van der Waals surface area contributed by atoms with Crippen molar-refractivity contribution in [2.75, 3.05) is 25.3 Å². The number of fused-ring (bicyclic) bond motifs is 1. The van der Waals surface area contributed by atoms with Crippen molar-refractivity contribution in [3.63, 3.8) is 0 Å². The number of nitrogens with zero attached hydrogens (tertiary/aromatic N) is 1. The fraction of sp³-hybridized carbons (Fsp3) is 0.211. The number of esters is 1. The molecule has 2 aromatic rings. The van der Waals surface area contributed by atoms with Gasteiger partial charge in [0.1, 0.15) is 0 Å². The monoisotopic (exact) mass is 472 g/mol. The Morgan fingerprint density at radius 1 is 1.07 bits per heavy atom. The van der Waals surface area contributed by atoms with E-state index in [1.54, 1.807) is 25.1 Å². The summed E-state index contributed by atoms with van der Waals surface area (Å²) in [4.78, 5) is 28.7. The maximum Gasteiger partial charge on any atom is 0.347 e. The van der Waals surface area contributed by atoms with Crippen LogP contribution in [-0.2, 0) is 19.2 Å². The summed E-state index contributed by atoms with van der Waals surface area (Å²) in [6, 6.07) is 8.13. The average Bonchev–Trinajstić information content (AvgIpc) is 3.17. The molecule has 30 heavy (non-hydrogen) atoms. The minimum Gasteiger partial charge on any atom is -0.454 e. The van der Waals surface area contributed by atoms with Crippen LogP contribution >= 0.6 is 34.8 Å². The number of rotatable bonds is 7. The number of oxime groups is 1. The van der Waals surface area contributed by atoms with E-state index in [1.165, 1.54) is 12.1 Å². The third kappa shape index (κ3) is 5.69. The number of halogens is 3. The number of hydrogen-bond acceptors (Lipinski definition) is 7. The van der Waals surface area contributed by atoms with Gasteiger partial charge in [0, 0.05) is 10.6 Å². The van der Waals surface area contributed by atoms with Crippen molar-refractivity contribution in [1.29, 1.82) is 0 Å². The molecule has 0 saturated carbocycles. The molecule has 0 bridgehead atoms. The fourth-order valence-corrected chi connectivity index (χ4v) is 3.29. The Kier molecular flexibility index (Phi) is 7.25. The number of benzene rings is 2. The minimum absolute atomic E-state index is 0.156. The first-order chi connectivity index (χ1) is 14.3. The molecule has 11 heteroatoms. The molecule has 1 aliphatic rings. The summed E-state index contributed by atoms with van der Waals surface area (Å²) in [5, 5.41) is 6.94. The molecule has 2 aromatic carbocycles. The molecule has 0 radical (unpaired) electrons. The summed E-state index contributed by atoms with van der Waals surface area (Å²) < 4.78 is 15.4. The highest BCUT2D eigenvalue weighted by atomic mass is 35.5. The summed E-state index contributed by atoms with van der Waals surface area (Å²) in [7, 11) is 0. The number of anilines is 1. The molecule has 1 amide bonds. The first kappa shape index (κ1) is 22.0. The van der Waals surface area contributed by atoms with Crippen molar-refractivity contribution in [3.8, 4) is 11.5 Å². The number of hydrogen-bond donors (Lipinski definition) is 1. The Morgan fingerprint density at radius 2 is 1.77 bits per heavy atom. The van der Waals surface area contributed by atoms with E-state index in [0.717, 1.165) is 5.56 Å². The summed E-state index contributed by atoms with van der Waals surface area (Å²) in [5.74, 6) is -0.154. The maximum absolute atomic E-state index is 11.9. The number of ether oxygens (including phenoxy) is 3. The average molecular weight is 474 g/mol. The van der Waals surface area contributed by atoms with Crippen LogP contribution in [0.1, 0.15) is 12.5 Å². The maximum atomic E-state index is 11.9. The molecule has 0 saturated heterocycles. The Balaban J connectivity index is 1.44. The van der Waals surface area contributed by atoms with Gasteiger partial charge in [-0.15, -0.1) is 0 Å². The molecule has 8 nitrogen and oxygen atoms in total. The van der Waals surface area contributed by atoms with Gasteiger partial charge in [0.05, 0.1) is 21.4 Å². The van der Waals surface area contributed by atoms with Crippen LogP contribution in [0, 0.1) is 0 Å². The standard InChI is InChI=1S/C19H15Cl3N2O6/c1-10(11-2-3-15-16(4-11)29-9-28-15)24-30-8-18(26)27-7-17(25)23-19-13(21)5-12(20)6-14(19)22/h2-6H,7-9H2,1H3,(H,23,25)/b24-10+. The van der Waals surface area contributed by atoms with Gasteiger partial charge < -0.3 is 24.4 Å². The molecule has 0 aromatic heterocycles. The zero-order chi connectivity index (χ0) is 21.7. The lowest BCUT2D eigenvalue weighted by Crippen LogP contribution is -2.23. The third-order valence-electron chi connectivity index (χ3n) is 3.81. The number of amides is 1. The van der Waals surface area contributed by atoms with Gasteiger partial charge in [-0.05, 0) is 37.3 Å². The lowest BCUT2D eigenvalue weighted by molar-refractivity contribution is -0.151. The first-order valence-electron chi connectivity index (χ1n) is 8.50. The molecule has 0 aliphatic carbocycles. The second-order valence-corrected chi connectivity index (χ2v) is 7.22. The van der Waals surface area contributed by atoms with E-state index in [9.17, 15) is 9.59 Å². The first-order valence-corrected chi connectivity index (χ1v) is 9.63. The van der Waals surface area contributed by atoms with Gasteiger partial charge in [-0.25, -0.2) is 4.79 Å². The highest BCUT2D eigenvalue weighted by Gasteiger charge is 2.15. The van der Waals surface area contributed by atoms with E-state index < -0.39 is 25.1 Å². The Bertz CT molecular complexity index is 989. The SMILES string of the molecule is C/C(=N\OCC(=O)OCC(=O)Nc1c(Cl)cc(Cl)cc1Cl)c1ccc2c(c1)OCO2. The Labute approximate surface area is 186 Å². The van der Waals surface area contributed by atoms with Crippen LogP contribution in [0.4, 0.5) is 5.69 Å². The van der Waals surface area contributed by atoms with Gasteiger partial charge >= 0.3 is 5.97 Å². The van der Waals surface area contributed by atoms with Crippen LogP contribution in [0.3, 0.4) is 0 Å². The van der Waals surface area contributed by atoms with E-state index in [2.05, 4.69) is 10.5 Å². The van der Waals surface area contributed by atoms with Gasteiger partial charge in [0.2, 0.25) is 13.4 Å². The number of carbonyl (C=O) groups is 2. The zero-order valence-corrected chi connectivity index (χ0v) is 17.8. The molecule has 0 fully saturated rings. The molecule has 0 atom stereocenters. The molecule has 1 heterocycles. The van der Waals surface area contributed by atoms with Gasteiger partial charge in [-0.2, -0.15) is 0 Å². The normalized spacial score (nSPS) is 12.5. The van der Waals surface area contributed by atoms with E-state index in [0.29, 0.717) is 22.2 Å². The van der Waals surface area contributed by atoms with Crippen molar-refractivity contribution >= 4 is 58.1 Å². The molecule has 1 N–H and O–H groups in total. The van der Waals surface area contributed by atoms with Gasteiger partial charge in [0.15, 0.2) is 18.1 Å². The van der Waals surface area contributed by atoms with Crippen LogP contribution in [0.5, 0.6) is 11.5 Å². The van der Waals surface area contributed by atoms with Gasteiger partial charge in [0.25, 0.3) is 5.91 Å². The quantitative estimate of drug-likeness (QED) is 0.366. The molecular formula is C19H15Cl3N2O6. The van der Waals surface area contributed by atoms with Crippen LogP contribution in [0.2, 0.25) is 15.1 Å². The van der Waals surface area contributed by atoms with Crippen molar-refractivity contribution in [1.82, 2.24) is 0 Å². The topological polar surface area (TPSA) is 95.5 Å². The molecule has 158 valence electrons. The molecule has 1 aliphatic heterocycles. The highest BCUT2D eigenvalue weighted by molar-refractivity contribution is 6.42. The summed E-state index contributed by atoms with van der Waals surface area (Å²) in [6.45, 7) is 0.844. The summed E-state index contributed by atoms with van der Waals surface area (Å²) >= 11 is 17.8. The minimum atomic E-state index is -0.777. The van der Waals surface area contributed by atoms with E-state index in [1.807, 2.05) is 0 Å². The second-order valence-electron chi connectivity index (χ2n) is 5.97. The lowest BCUT2D eigenvalue weighted by atomic mass is 10.1. The zero-order valence-electron chi connectivity index (χ0n) is 15.5. The Morgan fingerprint density at radius 3 is 2.50 bits per heavy atom. The smallest absolute Gasteiger partial charge is 0.347 e. The summed E-state index contributed by atoms with van der Waals surface area (Å²) in [6.07, 6.45) is 0. The van der Waals surface area contributed by atoms with Crippen LogP contribution < -0.4 is 14.8 Å². The van der Waals surface area contributed by atoms with E-state index >= 15 is 0 Å². The number of carbonyl (C=O) groups excluding carboxylic acids is 2. The van der Waals surface area contributed by atoms with Crippen LogP contribution in [0.15, 0.2) is 35.5 Å². The van der Waals surface area contributed by atoms with E-state index in [4.69, 9.17) is 53.9 Å². The third-order valence-corrected chi connectivity index (χ3v) is 4.62. The Hall–Kier alpha value is -2.68. The number of nitrogens with one attached hydrogen (secondary N) is 1.